The summed E-state index contributed by atoms with van der Waals surface area (Å²) in [6.45, 7) is 1.86. The van der Waals surface area contributed by atoms with Crippen molar-refractivity contribution in [3.8, 4) is 5.75 Å². The van der Waals surface area contributed by atoms with Crippen LogP contribution in [0.2, 0.25) is 10.0 Å². The van der Waals surface area contributed by atoms with Crippen molar-refractivity contribution >= 4 is 46.0 Å². The van der Waals surface area contributed by atoms with Crippen LogP contribution < -0.4 is 4.74 Å². The summed E-state index contributed by atoms with van der Waals surface area (Å²) < 4.78 is 18.8. The number of aromatic amines is 1. The van der Waals surface area contributed by atoms with E-state index in [2.05, 4.69) is 9.98 Å². The average Bonchev–Trinajstić information content (AvgIpc) is 3.01. The monoisotopic (exact) mass is 423 g/mol. The van der Waals surface area contributed by atoms with E-state index in [1.165, 1.54) is 37.6 Å². The molecular weight excluding hydrogens is 408 g/mol. The first-order chi connectivity index (χ1) is 13.3. The molecule has 0 fully saturated rings. The molecule has 28 heavy (non-hydrogen) atoms. The summed E-state index contributed by atoms with van der Waals surface area (Å²) in [4.78, 5) is 18.2. The van der Waals surface area contributed by atoms with Crippen LogP contribution >= 0.6 is 23.2 Å². The number of rotatable bonds is 6. The molecular formula is C19H16Cl2FN3O3. The van der Waals surface area contributed by atoms with Crippen molar-refractivity contribution in [2.24, 2.45) is 4.99 Å². The number of methoxy groups -OCH3 is 1. The summed E-state index contributed by atoms with van der Waals surface area (Å²) in [7, 11) is 1.39. The van der Waals surface area contributed by atoms with Crippen molar-refractivity contribution in [3.05, 3.63) is 67.6 Å². The number of aliphatic imine (C=N–C) groups is 1. The number of benzene rings is 2. The Morgan fingerprint density at radius 3 is 2.75 bits per heavy atom. The maximum Gasteiger partial charge on any atom is 0.281 e. The first-order valence-electron chi connectivity index (χ1n) is 8.30. The smallest absolute Gasteiger partial charge is 0.281 e. The number of aromatic nitrogens is 1. The molecule has 2 aromatic carbocycles. The van der Waals surface area contributed by atoms with Crippen LogP contribution in [0.1, 0.15) is 18.1 Å². The second-order valence-electron chi connectivity index (χ2n) is 6.26. The average molecular weight is 424 g/mol. The van der Waals surface area contributed by atoms with Gasteiger partial charge in [0.25, 0.3) is 5.69 Å². The van der Waals surface area contributed by atoms with Crippen LogP contribution in [-0.2, 0) is 6.42 Å². The van der Waals surface area contributed by atoms with Crippen LogP contribution in [0.15, 0.2) is 35.5 Å². The highest BCUT2D eigenvalue weighted by molar-refractivity contribution is 6.32. The molecule has 3 rings (SSSR count). The van der Waals surface area contributed by atoms with Gasteiger partial charge in [0.15, 0.2) is 0 Å². The first-order valence-corrected chi connectivity index (χ1v) is 9.05. The highest BCUT2D eigenvalue weighted by Gasteiger charge is 2.17. The molecule has 0 saturated heterocycles. The third-order valence-electron chi connectivity index (χ3n) is 4.29. The van der Waals surface area contributed by atoms with E-state index in [-0.39, 0.29) is 33.1 Å². The zero-order valence-corrected chi connectivity index (χ0v) is 16.5. The Morgan fingerprint density at radius 1 is 1.32 bits per heavy atom. The van der Waals surface area contributed by atoms with Gasteiger partial charge in [0.05, 0.1) is 39.8 Å². The number of nitrogens with one attached hydrogen (secondary N) is 1. The molecule has 1 unspecified atom stereocenters. The minimum atomic E-state index is -0.517. The Morgan fingerprint density at radius 2 is 2.07 bits per heavy atom. The topological polar surface area (TPSA) is 80.5 Å². The van der Waals surface area contributed by atoms with Crippen molar-refractivity contribution in [2.45, 2.75) is 19.4 Å². The minimum Gasteiger partial charge on any atom is -0.495 e. The van der Waals surface area contributed by atoms with E-state index >= 15 is 0 Å². The third-order valence-corrected chi connectivity index (χ3v) is 4.87. The van der Waals surface area contributed by atoms with Crippen LogP contribution in [0.4, 0.5) is 10.1 Å². The van der Waals surface area contributed by atoms with E-state index in [1.807, 2.05) is 6.92 Å². The van der Waals surface area contributed by atoms with E-state index in [1.54, 1.807) is 6.20 Å². The number of halogens is 3. The van der Waals surface area contributed by atoms with Gasteiger partial charge in [-0.3, -0.25) is 15.1 Å². The Labute approximate surface area is 170 Å². The Kier molecular flexibility index (Phi) is 5.86. The summed E-state index contributed by atoms with van der Waals surface area (Å²) in [5.74, 6) is -0.271. The molecule has 1 N–H and O–H groups in total. The van der Waals surface area contributed by atoms with Crippen molar-refractivity contribution in [2.75, 3.05) is 7.11 Å². The standard InChI is InChI=1S/C19H16Cl2FN3O3/c1-10(3-11-8-24-17-6-14(20)16(22)5-13(11)17)23-9-12-4-15(21)19(28-2)7-18(12)25(26)27/h4-10,24H,3H2,1-2H3. The molecule has 0 aliphatic carbocycles. The highest BCUT2D eigenvalue weighted by atomic mass is 35.5. The van der Waals surface area contributed by atoms with E-state index < -0.39 is 10.7 Å². The quantitative estimate of drug-likeness (QED) is 0.319. The van der Waals surface area contributed by atoms with Crippen LogP contribution in [0.5, 0.6) is 5.75 Å². The van der Waals surface area contributed by atoms with Crippen molar-refractivity contribution in [1.29, 1.82) is 0 Å². The lowest BCUT2D eigenvalue weighted by Gasteiger charge is -2.07. The van der Waals surface area contributed by atoms with Crippen molar-refractivity contribution < 1.29 is 14.1 Å². The number of fused-ring (bicyclic) bond motifs is 1. The molecule has 9 heteroatoms. The van der Waals surface area contributed by atoms with Gasteiger partial charge in [0, 0.05) is 23.3 Å². The van der Waals surface area contributed by atoms with Gasteiger partial charge >= 0.3 is 0 Å². The summed E-state index contributed by atoms with van der Waals surface area (Å²) >= 11 is 11.9. The Hall–Kier alpha value is -2.64. The number of ether oxygens (including phenoxy) is 1. The molecule has 0 radical (unpaired) electrons. The fourth-order valence-corrected chi connectivity index (χ4v) is 3.31. The molecule has 0 aliphatic rings. The SMILES string of the molecule is COc1cc([N+](=O)[O-])c(C=NC(C)Cc2c[nH]c3cc(Cl)c(F)cc23)cc1Cl. The molecule has 3 aromatic rings. The number of H-pyrrole nitrogens is 1. The van der Waals surface area contributed by atoms with Crippen LogP contribution in [0.25, 0.3) is 10.9 Å². The molecule has 0 saturated carbocycles. The molecule has 6 nitrogen and oxygen atoms in total. The Balaban J connectivity index is 1.85. The summed E-state index contributed by atoms with van der Waals surface area (Å²) in [5.41, 5.74) is 1.73. The van der Waals surface area contributed by atoms with E-state index in [0.717, 1.165) is 16.5 Å². The fraction of sp³-hybridized carbons (Fsp3) is 0.211. The highest BCUT2D eigenvalue weighted by Crippen LogP contribution is 2.32. The zero-order chi connectivity index (χ0) is 20.4. The second-order valence-corrected chi connectivity index (χ2v) is 7.07. The lowest BCUT2D eigenvalue weighted by Crippen LogP contribution is -2.04. The molecule has 1 heterocycles. The van der Waals surface area contributed by atoms with Crippen LogP contribution in [0.3, 0.4) is 0 Å². The van der Waals surface area contributed by atoms with E-state index in [9.17, 15) is 14.5 Å². The Bertz CT molecular complexity index is 1080. The van der Waals surface area contributed by atoms with Crippen LogP contribution in [0, 0.1) is 15.9 Å². The van der Waals surface area contributed by atoms with Gasteiger partial charge in [-0.1, -0.05) is 23.2 Å². The summed E-state index contributed by atoms with van der Waals surface area (Å²) in [5, 5.41) is 12.3. The minimum absolute atomic E-state index is 0.0515. The molecule has 0 bridgehead atoms. The van der Waals surface area contributed by atoms with Crippen molar-refractivity contribution in [3.63, 3.8) is 0 Å². The van der Waals surface area contributed by atoms with Gasteiger partial charge in [0.1, 0.15) is 11.6 Å². The molecule has 1 atom stereocenters. The predicted octanol–water partition coefficient (Wildman–Crippen LogP) is 5.58. The van der Waals surface area contributed by atoms with Gasteiger partial charge in [-0.25, -0.2) is 4.39 Å². The second kappa shape index (κ2) is 8.16. The van der Waals surface area contributed by atoms with Gasteiger partial charge in [-0.2, -0.15) is 0 Å². The summed E-state index contributed by atoms with van der Waals surface area (Å²) in [6.07, 6.45) is 3.70. The summed E-state index contributed by atoms with van der Waals surface area (Å²) in [6, 6.07) is 5.41. The third kappa shape index (κ3) is 4.10. The molecule has 146 valence electrons. The van der Waals surface area contributed by atoms with E-state index in [0.29, 0.717) is 6.42 Å². The van der Waals surface area contributed by atoms with Gasteiger partial charge < -0.3 is 9.72 Å². The predicted molar refractivity (Wildman–Crippen MR) is 109 cm³/mol. The molecule has 0 amide bonds. The van der Waals surface area contributed by atoms with Gasteiger partial charge in [-0.05, 0) is 37.1 Å². The normalized spacial score (nSPS) is 12.6. The number of hydrogen-bond donors (Lipinski definition) is 1. The number of nitro groups is 1. The lowest BCUT2D eigenvalue weighted by molar-refractivity contribution is -0.385. The maximum atomic E-state index is 13.8. The van der Waals surface area contributed by atoms with E-state index in [4.69, 9.17) is 27.9 Å². The van der Waals surface area contributed by atoms with Crippen molar-refractivity contribution in [1.82, 2.24) is 4.98 Å². The van der Waals surface area contributed by atoms with Gasteiger partial charge in [-0.15, -0.1) is 0 Å². The number of hydrogen-bond acceptors (Lipinski definition) is 4. The zero-order valence-electron chi connectivity index (χ0n) is 15.0. The first kappa shape index (κ1) is 20.1. The largest absolute Gasteiger partial charge is 0.495 e. The fourth-order valence-electron chi connectivity index (χ4n) is 2.90. The molecule has 0 spiro atoms. The number of nitrogens with zero attached hydrogens (tertiary/aromatic N) is 2. The number of nitro benzene ring substituents is 1. The van der Waals surface area contributed by atoms with Crippen LogP contribution in [-0.4, -0.2) is 29.3 Å². The van der Waals surface area contributed by atoms with Gasteiger partial charge in [0.2, 0.25) is 0 Å². The molecule has 0 aliphatic heterocycles. The maximum absolute atomic E-state index is 13.8. The lowest BCUT2D eigenvalue weighted by atomic mass is 10.1. The molecule has 1 aromatic heterocycles.